The molecule has 1 aromatic heterocycles. The van der Waals surface area contributed by atoms with Crippen molar-refractivity contribution in [3.05, 3.63) is 61.3 Å². The Morgan fingerprint density at radius 3 is 2.32 bits per heavy atom. The molecular formula is C20H20N4O7. The highest BCUT2D eigenvalue weighted by atomic mass is 16.5. The van der Waals surface area contributed by atoms with Crippen LogP contribution < -0.4 is 17.0 Å². The van der Waals surface area contributed by atoms with E-state index in [0.717, 1.165) is 19.6 Å². The van der Waals surface area contributed by atoms with Gasteiger partial charge in [0.1, 0.15) is 11.4 Å². The number of anilines is 1. The molecule has 0 bridgehead atoms. The van der Waals surface area contributed by atoms with Gasteiger partial charge in [0.2, 0.25) is 5.78 Å². The van der Waals surface area contributed by atoms with Crippen LogP contribution in [0.4, 0.5) is 5.82 Å². The van der Waals surface area contributed by atoms with E-state index >= 15 is 0 Å². The van der Waals surface area contributed by atoms with Crippen molar-refractivity contribution in [1.82, 2.24) is 14.0 Å². The summed E-state index contributed by atoms with van der Waals surface area (Å²) in [4.78, 5) is 74.1. The van der Waals surface area contributed by atoms with Gasteiger partial charge < -0.3 is 10.5 Å². The van der Waals surface area contributed by atoms with E-state index in [-0.39, 0.29) is 29.9 Å². The lowest BCUT2D eigenvalue weighted by atomic mass is 10.1. The molecule has 1 aliphatic rings. The lowest BCUT2D eigenvalue weighted by Gasteiger charge is -2.13. The Balaban J connectivity index is 1.63. The van der Waals surface area contributed by atoms with Gasteiger partial charge in [-0.1, -0.05) is 11.6 Å². The summed E-state index contributed by atoms with van der Waals surface area (Å²) in [5, 5.41) is 0. The number of carbonyl (C=O) groups excluding carboxylic acids is 4. The average molecular weight is 428 g/mol. The number of rotatable bonds is 6. The number of hydrogen-bond acceptors (Lipinski definition) is 8. The molecule has 0 atom stereocenters. The van der Waals surface area contributed by atoms with Crippen molar-refractivity contribution in [3.63, 3.8) is 0 Å². The zero-order valence-corrected chi connectivity index (χ0v) is 17.1. The number of benzene rings is 1. The number of amides is 2. The molecule has 1 aromatic carbocycles. The molecule has 0 saturated heterocycles. The summed E-state index contributed by atoms with van der Waals surface area (Å²) in [7, 11) is 2.49. The number of aromatic nitrogens is 2. The van der Waals surface area contributed by atoms with Crippen molar-refractivity contribution in [2.24, 2.45) is 14.1 Å². The van der Waals surface area contributed by atoms with Crippen molar-refractivity contribution in [2.75, 3.05) is 18.9 Å². The zero-order valence-electron chi connectivity index (χ0n) is 17.1. The highest BCUT2D eigenvalue weighted by Gasteiger charge is 2.35. The Bertz CT molecular complexity index is 1260. The van der Waals surface area contributed by atoms with Crippen LogP contribution in [0.3, 0.4) is 0 Å². The van der Waals surface area contributed by atoms with Gasteiger partial charge in [0.15, 0.2) is 6.61 Å². The van der Waals surface area contributed by atoms with E-state index in [2.05, 4.69) is 0 Å². The van der Waals surface area contributed by atoms with Crippen molar-refractivity contribution >= 4 is 29.4 Å². The number of ether oxygens (including phenoxy) is 1. The van der Waals surface area contributed by atoms with Gasteiger partial charge in [-0.15, -0.1) is 0 Å². The normalized spacial score (nSPS) is 12.8. The van der Waals surface area contributed by atoms with Crippen molar-refractivity contribution in [3.8, 4) is 0 Å². The Hall–Kier alpha value is -4.02. The number of Topliss-reactive ketones (excluding diaryl/α,β-unsaturated/α-hetero) is 1. The number of imide groups is 1. The number of esters is 1. The number of carbonyl (C=O) groups is 4. The van der Waals surface area contributed by atoms with E-state index < -0.39 is 47.0 Å². The lowest BCUT2D eigenvalue weighted by molar-refractivity contribution is -0.142. The first-order valence-corrected chi connectivity index (χ1v) is 9.25. The van der Waals surface area contributed by atoms with E-state index in [1.165, 1.54) is 14.1 Å². The predicted octanol–water partition coefficient (Wildman–Crippen LogP) is -0.613. The highest BCUT2D eigenvalue weighted by Crippen LogP contribution is 2.24. The monoisotopic (exact) mass is 428 g/mol. The number of nitrogens with two attached hydrogens (primary N) is 1. The summed E-state index contributed by atoms with van der Waals surface area (Å²) in [6.45, 7) is 0.791. The molecule has 11 heteroatoms. The SMILES string of the molecule is Cc1ccc2c(c1)C(=O)N(CCC(=O)OCC(=O)c1c(N)n(C)c(=O)n(C)c1=O)C2=O. The standard InChI is InChI=1S/C20H20N4O7/c1-10-4-5-11-12(8-10)18(28)24(17(11)27)7-6-14(26)31-9-13(25)15-16(21)22(2)20(30)23(3)19(15)29/h4-5,8H,6-7,9,21H2,1-3H3. The molecule has 0 radical (unpaired) electrons. The average Bonchev–Trinajstić information content (AvgIpc) is 2.97. The van der Waals surface area contributed by atoms with Crippen LogP contribution >= 0.6 is 0 Å². The molecular weight excluding hydrogens is 408 g/mol. The minimum Gasteiger partial charge on any atom is -0.457 e. The molecule has 1 aliphatic heterocycles. The van der Waals surface area contributed by atoms with Crippen molar-refractivity contribution < 1.29 is 23.9 Å². The van der Waals surface area contributed by atoms with Gasteiger partial charge in [0, 0.05) is 20.6 Å². The molecule has 3 rings (SSSR count). The van der Waals surface area contributed by atoms with Gasteiger partial charge in [-0.05, 0) is 19.1 Å². The lowest BCUT2D eigenvalue weighted by Crippen LogP contribution is -2.42. The van der Waals surface area contributed by atoms with Crippen molar-refractivity contribution in [1.29, 1.82) is 0 Å². The molecule has 0 fully saturated rings. The molecule has 31 heavy (non-hydrogen) atoms. The predicted molar refractivity (Wildman–Crippen MR) is 108 cm³/mol. The quantitative estimate of drug-likeness (QED) is 0.363. The third kappa shape index (κ3) is 3.77. The number of ketones is 1. The highest BCUT2D eigenvalue weighted by molar-refractivity contribution is 6.21. The zero-order chi connectivity index (χ0) is 23.0. The molecule has 2 aromatic rings. The fraction of sp³-hybridized carbons (Fsp3) is 0.300. The van der Waals surface area contributed by atoms with Gasteiger partial charge in [0.25, 0.3) is 17.4 Å². The maximum atomic E-state index is 12.4. The van der Waals surface area contributed by atoms with Crippen LogP contribution in [0.5, 0.6) is 0 Å². The smallest absolute Gasteiger partial charge is 0.332 e. The minimum absolute atomic E-state index is 0.220. The van der Waals surface area contributed by atoms with Gasteiger partial charge in [-0.25, -0.2) is 4.79 Å². The second kappa shape index (κ2) is 8.01. The van der Waals surface area contributed by atoms with Gasteiger partial charge >= 0.3 is 11.7 Å². The molecule has 0 saturated carbocycles. The first kappa shape index (κ1) is 21.7. The number of fused-ring (bicyclic) bond motifs is 1. The third-order valence-corrected chi connectivity index (χ3v) is 5.02. The Labute approximate surface area is 175 Å². The van der Waals surface area contributed by atoms with Crippen LogP contribution in [-0.4, -0.2) is 50.8 Å². The summed E-state index contributed by atoms with van der Waals surface area (Å²) in [5.41, 5.74) is 4.98. The first-order chi connectivity index (χ1) is 14.5. The molecule has 2 N–H and O–H groups in total. The van der Waals surface area contributed by atoms with Crippen LogP contribution in [-0.2, 0) is 23.6 Å². The fourth-order valence-electron chi connectivity index (χ4n) is 3.22. The van der Waals surface area contributed by atoms with Gasteiger partial charge in [0.05, 0.1) is 17.5 Å². The van der Waals surface area contributed by atoms with Crippen LogP contribution in [0, 0.1) is 6.92 Å². The molecule has 162 valence electrons. The minimum atomic E-state index is -0.900. The molecule has 0 aliphatic carbocycles. The van der Waals surface area contributed by atoms with Gasteiger partial charge in [-0.3, -0.25) is 38.0 Å². The van der Waals surface area contributed by atoms with Crippen molar-refractivity contribution in [2.45, 2.75) is 13.3 Å². The van der Waals surface area contributed by atoms with E-state index in [4.69, 9.17) is 10.5 Å². The van der Waals surface area contributed by atoms with Crippen LogP contribution in [0.1, 0.15) is 43.1 Å². The number of aryl methyl sites for hydroxylation is 1. The molecule has 0 unspecified atom stereocenters. The molecule has 2 heterocycles. The number of nitrogens with zero attached hydrogens (tertiary/aromatic N) is 3. The second-order valence-electron chi connectivity index (χ2n) is 7.11. The number of nitrogen functional groups attached to an aromatic ring is 1. The maximum absolute atomic E-state index is 12.4. The molecule has 2 amide bonds. The number of hydrogen-bond donors (Lipinski definition) is 1. The molecule has 11 nitrogen and oxygen atoms in total. The van der Waals surface area contributed by atoms with Crippen LogP contribution in [0.15, 0.2) is 27.8 Å². The topological polar surface area (TPSA) is 151 Å². The van der Waals surface area contributed by atoms with Crippen LogP contribution in [0.2, 0.25) is 0 Å². The largest absolute Gasteiger partial charge is 0.457 e. The Kier molecular flexibility index (Phi) is 5.60. The van der Waals surface area contributed by atoms with E-state index in [1.807, 2.05) is 0 Å². The second-order valence-corrected chi connectivity index (χ2v) is 7.11. The molecule has 0 spiro atoms. The maximum Gasteiger partial charge on any atom is 0.332 e. The van der Waals surface area contributed by atoms with E-state index in [1.54, 1.807) is 25.1 Å². The summed E-state index contributed by atoms with van der Waals surface area (Å²) in [5.74, 6) is -3.07. The summed E-state index contributed by atoms with van der Waals surface area (Å²) >= 11 is 0. The fourth-order valence-corrected chi connectivity index (χ4v) is 3.22. The third-order valence-electron chi connectivity index (χ3n) is 5.02. The first-order valence-electron chi connectivity index (χ1n) is 9.25. The summed E-state index contributed by atoms with van der Waals surface area (Å²) in [6, 6.07) is 4.87. The Morgan fingerprint density at radius 2 is 1.65 bits per heavy atom. The Morgan fingerprint density at radius 1 is 1.00 bits per heavy atom. The van der Waals surface area contributed by atoms with E-state index in [9.17, 15) is 28.8 Å². The summed E-state index contributed by atoms with van der Waals surface area (Å²) < 4.78 is 6.52. The van der Waals surface area contributed by atoms with E-state index in [0.29, 0.717) is 0 Å². The van der Waals surface area contributed by atoms with Crippen LogP contribution in [0.25, 0.3) is 0 Å². The summed E-state index contributed by atoms with van der Waals surface area (Å²) in [6.07, 6.45) is -0.335. The van der Waals surface area contributed by atoms with Gasteiger partial charge in [-0.2, -0.15) is 0 Å².